The SMILES string of the molecule is CCC(C(=O)Nc1ccc(-n2nc(OC)nc2-c2cccc(C(F)(F)F)c2)cc1)c1ccccc1. The van der Waals surface area contributed by atoms with Crippen LogP contribution >= 0.6 is 0 Å². The molecular formula is C26H23F3N4O2. The maximum atomic E-state index is 13.2. The maximum absolute atomic E-state index is 13.2. The molecule has 3 aromatic carbocycles. The van der Waals surface area contributed by atoms with E-state index in [-0.39, 0.29) is 29.2 Å². The summed E-state index contributed by atoms with van der Waals surface area (Å²) in [6.45, 7) is 1.95. The summed E-state index contributed by atoms with van der Waals surface area (Å²) in [5.74, 6) is -0.221. The number of carbonyl (C=O) groups excluding carboxylic acids is 1. The summed E-state index contributed by atoms with van der Waals surface area (Å²) in [5.41, 5.74) is 1.51. The molecule has 0 fully saturated rings. The van der Waals surface area contributed by atoms with E-state index >= 15 is 0 Å². The molecule has 0 aliphatic carbocycles. The quantitative estimate of drug-likeness (QED) is 0.347. The Kier molecular flexibility index (Phi) is 6.86. The molecule has 0 spiro atoms. The number of hydrogen-bond donors (Lipinski definition) is 1. The Bertz CT molecular complexity index is 1300. The summed E-state index contributed by atoms with van der Waals surface area (Å²) in [5, 5.41) is 7.18. The second kappa shape index (κ2) is 10.0. The first kappa shape index (κ1) is 24.0. The molecule has 1 aromatic heterocycles. The molecule has 1 atom stereocenters. The van der Waals surface area contributed by atoms with Crippen LogP contribution in [0.25, 0.3) is 17.1 Å². The Balaban J connectivity index is 1.60. The normalized spacial score (nSPS) is 12.3. The minimum absolute atomic E-state index is 0.0171. The number of nitrogens with zero attached hydrogens (tertiary/aromatic N) is 3. The Morgan fingerprint density at radius 3 is 2.37 bits per heavy atom. The highest BCUT2D eigenvalue weighted by Crippen LogP contribution is 2.33. The number of anilines is 1. The average Bonchev–Trinajstić information content (AvgIpc) is 3.30. The van der Waals surface area contributed by atoms with Gasteiger partial charge in [0, 0.05) is 11.3 Å². The minimum atomic E-state index is -4.49. The highest BCUT2D eigenvalue weighted by Gasteiger charge is 2.31. The summed E-state index contributed by atoms with van der Waals surface area (Å²) in [7, 11) is 1.38. The summed E-state index contributed by atoms with van der Waals surface area (Å²) >= 11 is 0. The summed E-state index contributed by atoms with van der Waals surface area (Å²) < 4.78 is 46.2. The maximum Gasteiger partial charge on any atom is 0.416 e. The molecule has 0 aliphatic heterocycles. The summed E-state index contributed by atoms with van der Waals surface area (Å²) in [6.07, 6.45) is -3.84. The van der Waals surface area contributed by atoms with Crippen LogP contribution in [0.3, 0.4) is 0 Å². The topological polar surface area (TPSA) is 69.0 Å². The molecule has 6 nitrogen and oxygen atoms in total. The number of carbonyl (C=O) groups is 1. The first-order chi connectivity index (χ1) is 16.8. The van der Waals surface area contributed by atoms with Crippen molar-refractivity contribution in [3.63, 3.8) is 0 Å². The van der Waals surface area contributed by atoms with Crippen molar-refractivity contribution in [1.29, 1.82) is 0 Å². The van der Waals surface area contributed by atoms with Crippen LogP contribution in [0.5, 0.6) is 6.01 Å². The lowest BCUT2D eigenvalue weighted by Gasteiger charge is -2.16. The number of hydrogen-bond acceptors (Lipinski definition) is 4. The fraction of sp³-hybridized carbons (Fsp3) is 0.192. The van der Waals surface area contributed by atoms with Gasteiger partial charge in [0.1, 0.15) is 0 Å². The zero-order chi connectivity index (χ0) is 25.0. The third-order valence-corrected chi connectivity index (χ3v) is 5.52. The Hall–Kier alpha value is -4.14. The van der Waals surface area contributed by atoms with Crippen molar-refractivity contribution >= 4 is 11.6 Å². The van der Waals surface area contributed by atoms with Gasteiger partial charge >= 0.3 is 12.2 Å². The van der Waals surface area contributed by atoms with Gasteiger partial charge in [-0.3, -0.25) is 4.79 Å². The molecule has 0 saturated heterocycles. The van der Waals surface area contributed by atoms with Gasteiger partial charge in [0.25, 0.3) is 0 Å². The number of aromatic nitrogens is 3. The molecule has 1 unspecified atom stereocenters. The van der Waals surface area contributed by atoms with Crippen LogP contribution in [0.4, 0.5) is 18.9 Å². The molecule has 4 aromatic rings. The van der Waals surface area contributed by atoms with Crippen molar-refractivity contribution in [2.24, 2.45) is 0 Å². The molecule has 0 saturated carbocycles. The van der Waals surface area contributed by atoms with Crippen LogP contribution in [-0.4, -0.2) is 27.8 Å². The molecule has 1 heterocycles. The van der Waals surface area contributed by atoms with Crippen LogP contribution in [0.1, 0.15) is 30.4 Å². The van der Waals surface area contributed by atoms with Crippen molar-refractivity contribution in [2.75, 3.05) is 12.4 Å². The molecule has 9 heteroatoms. The Morgan fingerprint density at radius 2 is 1.74 bits per heavy atom. The lowest BCUT2D eigenvalue weighted by atomic mass is 9.95. The fourth-order valence-corrected chi connectivity index (χ4v) is 3.75. The van der Waals surface area contributed by atoms with Crippen LogP contribution in [0.2, 0.25) is 0 Å². The number of alkyl halides is 3. The van der Waals surface area contributed by atoms with Crippen molar-refractivity contribution in [2.45, 2.75) is 25.4 Å². The predicted molar refractivity (Wildman–Crippen MR) is 126 cm³/mol. The summed E-state index contributed by atoms with van der Waals surface area (Å²) in [4.78, 5) is 17.1. The van der Waals surface area contributed by atoms with E-state index in [0.717, 1.165) is 17.7 Å². The number of ether oxygens (including phenoxy) is 1. The van der Waals surface area contributed by atoms with E-state index in [1.807, 2.05) is 37.3 Å². The number of amides is 1. The Labute approximate surface area is 200 Å². The first-order valence-electron chi connectivity index (χ1n) is 10.9. The van der Waals surface area contributed by atoms with E-state index in [1.54, 1.807) is 24.3 Å². The van der Waals surface area contributed by atoms with Crippen molar-refractivity contribution in [1.82, 2.24) is 14.8 Å². The van der Waals surface area contributed by atoms with E-state index in [0.29, 0.717) is 17.8 Å². The van der Waals surface area contributed by atoms with Gasteiger partial charge in [-0.1, -0.05) is 49.4 Å². The van der Waals surface area contributed by atoms with Crippen LogP contribution in [-0.2, 0) is 11.0 Å². The first-order valence-corrected chi connectivity index (χ1v) is 10.9. The summed E-state index contributed by atoms with van der Waals surface area (Å²) in [6, 6.07) is 21.2. The van der Waals surface area contributed by atoms with Gasteiger partial charge in [-0.15, -0.1) is 5.10 Å². The third kappa shape index (κ3) is 5.34. The van der Waals surface area contributed by atoms with E-state index in [9.17, 15) is 18.0 Å². The molecular weight excluding hydrogens is 457 g/mol. The van der Waals surface area contributed by atoms with E-state index in [2.05, 4.69) is 15.4 Å². The second-order valence-corrected chi connectivity index (χ2v) is 7.82. The van der Waals surface area contributed by atoms with E-state index < -0.39 is 11.7 Å². The van der Waals surface area contributed by atoms with Gasteiger partial charge in [0.05, 0.1) is 24.3 Å². The van der Waals surface area contributed by atoms with Gasteiger partial charge in [0.15, 0.2) is 5.82 Å². The van der Waals surface area contributed by atoms with Crippen molar-refractivity contribution in [3.05, 3.63) is 90.0 Å². The number of nitrogens with one attached hydrogen (secondary N) is 1. The monoisotopic (exact) mass is 480 g/mol. The van der Waals surface area contributed by atoms with Crippen molar-refractivity contribution in [3.8, 4) is 23.1 Å². The molecule has 0 aliphatic rings. The third-order valence-electron chi connectivity index (χ3n) is 5.52. The molecule has 1 amide bonds. The molecule has 0 bridgehead atoms. The lowest BCUT2D eigenvalue weighted by Crippen LogP contribution is -2.20. The van der Waals surface area contributed by atoms with E-state index in [4.69, 9.17) is 4.74 Å². The van der Waals surface area contributed by atoms with Gasteiger partial charge in [-0.25, -0.2) is 4.68 Å². The average molecular weight is 480 g/mol. The largest absolute Gasteiger partial charge is 0.466 e. The zero-order valence-corrected chi connectivity index (χ0v) is 19.1. The number of benzene rings is 3. The van der Waals surface area contributed by atoms with Gasteiger partial charge < -0.3 is 10.1 Å². The predicted octanol–water partition coefficient (Wildman–Crippen LogP) is 6.09. The van der Waals surface area contributed by atoms with Gasteiger partial charge in [-0.05, 0) is 48.4 Å². The molecule has 35 heavy (non-hydrogen) atoms. The lowest BCUT2D eigenvalue weighted by molar-refractivity contribution is -0.137. The molecule has 4 rings (SSSR count). The number of rotatable bonds is 7. The zero-order valence-electron chi connectivity index (χ0n) is 19.1. The highest BCUT2D eigenvalue weighted by molar-refractivity contribution is 5.95. The second-order valence-electron chi connectivity index (χ2n) is 7.82. The number of halogens is 3. The molecule has 0 radical (unpaired) electrons. The fourth-order valence-electron chi connectivity index (χ4n) is 3.75. The van der Waals surface area contributed by atoms with Crippen molar-refractivity contribution < 1.29 is 22.7 Å². The smallest absolute Gasteiger partial charge is 0.416 e. The van der Waals surface area contributed by atoms with Crippen LogP contribution < -0.4 is 10.1 Å². The standard InChI is InChI=1S/C26H23F3N4O2/c1-3-22(17-8-5-4-6-9-17)24(34)30-20-12-14-21(15-13-20)33-23(31-25(32-33)35-2)18-10-7-11-19(16-18)26(27,28)29/h4-16,22H,3H2,1-2H3,(H,30,34). The van der Waals surface area contributed by atoms with Crippen LogP contribution in [0, 0.1) is 0 Å². The molecule has 1 N–H and O–H groups in total. The van der Waals surface area contributed by atoms with E-state index in [1.165, 1.54) is 23.9 Å². The number of methoxy groups -OCH3 is 1. The molecule has 180 valence electrons. The van der Waals surface area contributed by atoms with Crippen LogP contribution in [0.15, 0.2) is 78.9 Å². The minimum Gasteiger partial charge on any atom is -0.466 e. The van der Waals surface area contributed by atoms with Gasteiger partial charge in [0.2, 0.25) is 5.91 Å². The highest BCUT2D eigenvalue weighted by atomic mass is 19.4. The Morgan fingerprint density at radius 1 is 1.03 bits per heavy atom. The van der Waals surface area contributed by atoms with Gasteiger partial charge in [-0.2, -0.15) is 18.2 Å².